The fourth-order valence-corrected chi connectivity index (χ4v) is 2.22. The quantitative estimate of drug-likeness (QED) is 0.511. The molecular weight excluding hydrogens is 223 g/mol. The Kier molecular flexibility index (Phi) is 3.94. The fraction of sp³-hybridized carbons (Fsp3) is 0.875. The van der Waals surface area contributed by atoms with E-state index in [2.05, 4.69) is 29.0 Å². The molecule has 0 amide bonds. The summed E-state index contributed by atoms with van der Waals surface area (Å²) in [6.07, 6.45) is 9.68. The molecule has 0 heterocycles. The first-order valence-corrected chi connectivity index (χ1v) is 5.35. The van der Waals surface area contributed by atoms with Crippen LogP contribution in [-0.4, -0.2) is 4.43 Å². The predicted octanol–water partition coefficient (Wildman–Crippen LogP) is 3.21. The van der Waals surface area contributed by atoms with Crippen molar-refractivity contribution in [2.45, 2.75) is 32.1 Å². The van der Waals surface area contributed by atoms with Gasteiger partial charge in [0.2, 0.25) is 0 Å². The normalized spacial score (nSPS) is 22.3. The average molecular weight is 237 g/mol. The molecule has 0 nitrogen and oxygen atoms in total. The van der Waals surface area contributed by atoms with Crippen molar-refractivity contribution < 1.29 is 0 Å². The lowest BCUT2D eigenvalue weighted by atomic mass is 9.88. The number of alkyl halides is 1. The van der Waals surface area contributed by atoms with Crippen molar-refractivity contribution in [1.29, 1.82) is 0 Å². The predicted molar refractivity (Wildman–Crippen MR) is 49.8 cm³/mol. The van der Waals surface area contributed by atoms with Gasteiger partial charge in [-0.25, -0.2) is 0 Å². The maximum Gasteiger partial charge on any atom is -0.000199 e. The topological polar surface area (TPSA) is 0 Å². The van der Waals surface area contributed by atoms with E-state index in [-0.39, 0.29) is 0 Å². The minimum atomic E-state index is 0.968. The van der Waals surface area contributed by atoms with Gasteiger partial charge in [-0.05, 0) is 29.6 Å². The first-order valence-electron chi connectivity index (χ1n) is 3.83. The third-order valence-electron chi connectivity index (χ3n) is 2.01. The number of halogens is 1. The van der Waals surface area contributed by atoms with E-state index in [0.29, 0.717) is 0 Å². The lowest BCUT2D eigenvalue weighted by Gasteiger charge is -2.19. The van der Waals surface area contributed by atoms with Crippen molar-refractivity contribution in [3.05, 3.63) is 6.42 Å². The SMILES string of the molecule is ICCC1[CH]CCCC1. The maximum atomic E-state index is 2.52. The molecule has 1 aliphatic rings. The van der Waals surface area contributed by atoms with E-state index in [4.69, 9.17) is 0 Å². The summed E-state index contributed by atoms with van der Waals surface area (Å²) in [6.45, 7) is 0. The highest BCUT2D eigenvalue weighted by Crippen LogP contribution is 2.25. The molecule has 1 saturated carbocycles. The van der Waals surface area contributed by atoms with Crippen LogP contribution in [0.25, 0.3) is 0 Å². The van der Waals surface area contributed by atoms with E-state index < -0.39 is 0 Å². The van der Waals surface area contributed by atoms with Crippen molar-refractivity contribution >= 4 is 22.6 Å². The van der Waals surface area contributed by atoms with Crippen molar-refractivity contribution in [1.82, 2.24) is 0 Å². The largest absolute Gasteiger partial charge is 0.0864 e. The Balaban J connectivity index is 2.08. The first-order chi connectivity index (χ1) is 4.43. The van der Waals surface area contributed by atoms with Gasteiger partial charge in [-0.15, -0.1) is 0 Å². The van der Waals surface area contributed by atoms with Crippen LogP contribution < -0.4 is 0 Å². The van der Waals surface area contributed by atoms with E-state index in [9.17, 15) is 0 Å². The van der Waals surface area contributed by atoms with Gasteiger partial charge in [0.05, 0.1) is 0 Å². The van der Waals surface area contributed by atoms with Crippen LogP contribution in [0.3, 0.4) is 0 Å². The standard InChI is InChI=1S/C8H14I/c9-7-6-8-4-2-1-3-5-8/h4,8H,1-3,5-7H2. The van der Waals surface area contributed by atoms with Gasteiger partial charge >= 0.3 is 0 Å². The van der Waals surface area contributed by atoms with Gasteiger partial charge < -0.3 is 0 Å². The Morgan fingerprint density at radius 1 is 1.44 bits per heavy atom. The third-order valence-corrected chi connectivity index (χ3v) is 2.63. The van der Waals surface area contributed by atoms with Gasteiger partial charge in [0.25, 0.3) is 0 Å². The second-order valence-corrected chi connectivity index (χ2v) is 3.84. The summed E-state index contributed by atoms with van der Waals surface area (Å²) in [5, 5.41) is 0. The van der Waals surface area contributed by atoms with Crippen molar-refractivity contribution in [2.24, 2.45) is 5.92 Å². The minimum absolute atomic E-state index is 0.968. The van der Waals surface area contributed by atoms with Crippen LogP contribution in [0, 0.1) is 12.3 Å². The number of hydrogen-bond acceptors (Lipinski definition) is 0. The van der Waals surface area contributed by atoms with Crippen LogP contribution in [0.15, 0.2) is 0 Å². The van der Waals surface area contributed by atoms with Crippen molar-refractivity contribution in [2.75, 3.05) is 4.43 Å². The molecule has 0 aromatic rings. The minimum Gasteiger partial charge on any atom is -0.0864 e. The van der Waals surface area contributed by atoms with E-state index in [1.807, 2.05) is 0 Å². The van der Waals surface area contributed by atoms with E-state index >= 15 is 0 Å². The molecule has 1 radical (unpaired) electrons. The molecule has 9 heavy (non-hydrogen) atoms. The molecule has 1 atom stereocenters. The van der Waals surface area contributed by atoms with Crippen LogP contribution in [-0.2, 0) is 0 Å². The van der Waals surface area contributed by atoms with Gasteiger partial charge in [0.1, 0.15) is 0 Å². The summed E-state index contributed by atoms with van der Waals surface area (Å²) in [5.74, 6) is 0.968. The highest BCUT2D eigenvalue weighted by Gasteiger charge is 2.11. The smallest absolute Gasteiger partial charge is 0.000199 e. The summed E-state index contributed by atoms with van der Waals surface area (Å²) in [5.41, 5.74) is 0. The maximum absolute atomic E-state index is 2.52. The van der Waals surface area contributed by atoms with Crippen molar-refractivity contribution in [3.8, 4) is 0 Å². The van der Waals surface area contributed by atoms with Gasteiger partial charge in [0.15, 0.2) is 0 Å². The van der Waals surface area contributed by atoms with Gasteiger partial charge in [-0.1, -0.05) is 41.9 Å². The molecule has 0 aliphatic heterocycles. The monoisotopic (exact) mass is 237 g/mol. The molecule has 0 aromatic carbocycles. The highest BCUT2D eigenvalue weighted by molar-refractivity contribution is 14.1. The van der Waals surface area contributed by atoms with E-state index in [0.717, 1.165) is 5.92 Å². The molecular formula is C8H14I. The van der Waals surface area contributed by atoms with Crippen LogP contribution in [0.4, 0.5) is 0 Å². The molecule has 1 heteroatoms. The van der Waals surface area contributed by atoms with Gasteiger partial charge in [0, 0.05) is 0 Å². The fourth-order valence-electron chi connectivity index (χ4n) is 1.42. The summed E-state index contributed by atoms with van der Waals surface area (Å²) in [6, 6.07) is 0. The molecule has 1 fully saturated rings. The Bertz CT molecular complexity index is 62.2. The van der Waals surface area contributed by atoms with Crippen LogP contribution in [0.5, 0.6) is 0 Å². The molecule has 1 unspecified atom stereocenters. The number of rotatable bonds is 2. The zero-order valence-electron chi connectivity index (χ0n) is 5.78. The molecule has 1 aliphatic carbocycles. The lowest BCUT2D eigenvalue weighted by Crippen LogP contribution is -2.06. The first kappa shape index (κ1) is 7.83. The Morgan fingerprint density at radius 2 is 2.33 bits per heavy atom. The second-order valence-electron chi connectivity index (χ2n) is 2.76. The Labute approximate surface area is 71.5 Å². The molecule has 0 saturated heterocycles. The summed E-state index contributed by atoms with van der Waals surface area (Å²) < 4.78 is 1.33. The van der Waals surface area contributed by atoms with Crippen molar-refractivity contribution in [3.63, 3.8) is 0 Å². The van der Waals surface area contributed by atoms with Crippen LogP contribution in [0.1, 0.15) is 32.1 Å². The lowest BCUT2D eigenvalue weighted by molar-refractivity contribution is 0.439. The Morgan fingerprint density at radius 3 is 2.89 bits per heavy atom. The molecule has 0 bridgehead atoms. The van der Waals surface area contributed by atoms with Crippen LogP contribution >= 0.6 is 22.6 Å². The molecule has 0 aromatic heterocycles. The molecule has 53 valence electrons. The van der Waals surface area contributed by atoms with Gasteiger partial charge in [-0.2, -0.15) is 0 Å². The third kappa shape index (κ3) is 2.87. The van der Waals surface area contributed by atoms with E-state index in [1.165, 1.54) is 36.5 Å². The highest BCUT2D eigenvalue weighted by atomic mass is 127. The van der Waals surface area contributed by atoms with Gasteiger partial charge in [-0.3, -0.25) is 0 Å². The second kappa shape index (κ2) is 4.53. The Hall–Kier alpha value is 0.730. The van der Waals surface area contributed by atoms with E-state index in [1.54, 1.807) is 0 Å². The summed E-state index contributed by atoms with van der Waals surface area (Å²) in [7, 11) is 0. The molecule has 1 rings (SSSR count). The summed E-state index contributed by atoms with van der Waals surface area (Å²) >= 11 is 2.47. The average Bonchev–Trinajstić information content (AvgIpc) is 1.91. The number of hydrogen-bond donors (Lipinski definition) is 0. The van der Waals surface area contributed by atoms with Crippen LogP contribution in [0.2, 0.25) is 0 Å². The zero-order chi connectivity index (χ0) is 6.53. The zero-order valence-corrected chi connectivity index (χ0v) is 7.93. The summed E-state index contributed by atoms with van der Waals surface area (Å²) in [4.78, 5) is 0. The molecule has 0 spiro atoms. The molecule has 0 N–H and O–H groups in total.